The van der Waals surface area contributed by atoms with Crippen LogP contribution in [0.3, 0.4) is 0 Å². The molecule has 1 saturated carbocycles. The number of carbonyl (C=O) groups is 1. The van der Waals surface area contributed by atoms with E-state index in [4.69, 9.17) is 11.6 Å². The molecule has 12 heavy (non-hydrogen) atoms. The van der Waals surface area contributed by atoms with Crippen LogP contribution in [0.25, 0.3) is 0 Å². The Morgan fingerprint density at radius 1 is 1.58 bits per heavy atom. The van der Waals surface area contributed by atoms with Crippen molar-refractivity contribution >= 4 is 17.6 Å². The fraction of sp³-hybridized carbons (Fsp3) is 0.667. The molecule has 2 nitrogen and oxygen atoms in total. The predicted molar refractivity (Wildman–Crippen MR) is 47.8 cm³/mol. The Morgan fingerprint density at radius 2 is 2.00 bits per heavy atom. The molecule has 0 aromatic heterocycles. The summed E-state index contributed by atoms with van der Waals surface area (Å²) >= 11 is 5.81. The zero-order chi connectivity index (χ0) is 9.52. The van der Waals surface area contributed by atoms with Gasteiger partial charge in [-0.05, 0) is 16.9 Å². The van der Waals surface area contributed by atoms with Crippen LogP contribution in [0.2, 0.25) is 0 Å². The fourth-order valence-corrected chi connectivity index (χ4v) is 1.93. The van der Waals surface area contributed by atoms with Crippen LogP contribution in [0.1, 0.15) is 20.8 Å². The zero-order valence-electron chi connectivity index (χ0n) is 7.77. The van der Waals surface area contributed by atoms with E-state index in [1.54, 1.807) is 0 Å². The third kappa shape index (κ3) is 1.24. The molecule has 3 heteroatoms. The fourth-order valence-electron chi connectivity index (χ4n) is 1.44. The van der Waals surface area contributed by atoms with E-state index in [1.807, 2.05) is 0 Å². The maximum absolute atomic E-state index is 11.0. The van der Waals surface area contributed by atoms with Gasteiger partial charge in [0.2, 0.25) is 0 Å². The van der Waals surface area contributed by atoms with E-state index in [-0.39, 0.29) is 10.4 Å². The van der Waals surface area contributed by atoms with Crippen LogP contribution in [0.5, 0.6) is 0 Å². The topological polar surface area (TPSA) is 26.3 Å². The van der Waals surface area contributed by atoms with Crippen molar-refractivity contribution in [2.45, 2.75) is 20.8 Å². The first-order valence-electron chi connectivity index (χ1n) is 3.91. The van der Waals surface area contributed by atoms with Gasteiger partial charge in [-0.15, -0.1) is 0 Å². The van der Waals surface area contributed by atoms with Crippen LogP contribution in [0.4, 0.5) is 0 Å². The van der Waals surface area contributed by atoms with Gasteiger partial charge in [0, 0.05) is 0 Å². The number of esters is 1. The number of rotatable bonds is 1. The summed E-state index contributed by atoms with van der Waals surface area (Å²) < 4.78 is 4.53. The average Bonchev–Trinajstić information content (AvgIpc) is 2.49. The van der Waals surface area contributed by atoms with E-state index in [9.17, 15) is 4.79 Å². The summed E-state index contributed by atoms with van der Waals surface area (Å²) in [6, 6.07) is 0. The molecule has 0 aromatic rings. The molecule has 0 bridgehead atoms. The number of hydrogen-bond acceptors (Lipinski definition) is 2. The van der Waals surface area contributed by atoms with Crippen molar-refractivity contribution in [2.24, 2.45) is 11.3 Å². The van der Waals surface area contributed by atoms with E-state index >= 15 is 0 Å². The maximum Gasteiger partial charge on any atom is 0.349 e. The van der Waals surface area contributed by atoms with Crippen LogP contribution in [-0.4, -0.2) is 13.1 Å². The number of allylic oxidation sites excluding steroid dienone is 1. The van der Waals surface area contributed by atoms with Gasteiger partial charge in [0.25, 0.3) is 0 Å². The Kier molecular flexibility index (Phi) is 2.21. The van der Waals surface area contributed by atoms with Gasteiger partial charge in [-0.1, -0.05) is 32.4 Å². The zero-order valence-corrected chi connectivity index (χ0v) is 8.53. The minimum absolute atomic E-state index is 0.0747. The highest BCUT2D eigenvalue weighted by Crippen LogP contribution is 2.59. The molecule has 0 radical (unpaired) electrons. The van der Waals surface area contributed by atoms with Crippen molar-refractivity contribution < 1.29 is 9.53 Å². The molecular formula is C9H13ClO2. The van der Waals surface area contributed by atoms with Crippen LogP contribution >= 0.6 is 11.6 Å². The Morgan fingerprint density at radius 3 is 2.25 bits per heavy atom. The summed E-state index contributed by atoms with van der Waals surface area (Å²) in [5.74, 6) is -0.0341. The van der Waals surface area contributed by atoms with Crippen molar-refractivity contribution in [3.05, 3.63) is 10.6 Å². The number of hydrogen-bond donors (Lipinski definition) is 0. The minimum Gasteiger partial charge on any atom is -0.465 e. The van der Waals surface area contributed by atoms with Gasteiger partial charge in [-0.2, -0.15) is 0 Å². The van der Waals surface area contributed by atoms with E-state index in [0.29, 0.717) is 5.92 Å². The SMILES string of the molecule is COC(=O)C(Cl)=C1C(C)C1(C)C. The van der Waals surface area contributed by atoms with Gasteiger partial charge in [-0.3, -0.25) is 0 Å². The molecule has 1 aliphatic rings. The highest BCUT2D eigenvalue weighted by Gasteiger charge is 2.51. The maximum atomic E-state index is 11.0. The monoisotopic (exact) mass is 188 g/mol. The molecule has 0 saturated heterocycles. The number of ether oxygens (including phenoxy) is 1. The van der Waals surface area contributed by atoms with Crippen LogP contribution in [-0.2, 0) is 9.53 Å². The van der Waals surface area contributed by atoms with Gasteiger partial charge in [0.1, 0.15) is 5.03 Å². The smallest absolute Gasteiger partial charge is 0.349 e. The molecule has 0 aromatic carbocycles. The summed E-state index contributed by atoms with van der Waals surface area (Å²) in [4.78, 5) is 11.0. The van der Waals surface area contributed by atoms with Gasteiger partial charge in [0.05, 0.1) is 7.11 Å². The van der Waals surface area contributed by atoms with Crippen molar-refractivity contribution in [2.75, 3.05) is 7.11 Å². The van der Waals surface area contributed by atoms with Gasteiger partial charge in [0.15, 0.2) is 0 Å². The molecule has 1 atom stereocenters. The molecule has 68 valence electrons. The lowest BCUT2D eigenvalue weighted by molar-refractivity contribution is -0.135. The number of halogens is 1. The summed E-state index contributed by atoms with van der Waals surface area (Å²) in [6.07, 6.45) is 0. The summed E-state index contributed by atoms with van der Waals surface area (Å²) in [5, 5.41) is 0.259. The van der Waals surface area contributed by atoms with Crippen molar-refractivity contribution in [1.29, 1.82) is 0 Å². The van der Waals surface area contributed by atoms with E-state index < -0.39 is 5.97 Å². The van der Waals surface area contributed by atoms with Crippen molar-refractivity contribution in [1.82, 2.24) is 0 Å². The average molecular weight is 189 g/mol. The highest BCUT2D eigenvalue weighted by atomic mass is 35.5. The normalized spacial score (nSPS) is 29.6. The summed E-state index contributed by atoms with van der Waals surface area (Å²) in [6.45, 7) is 6.19. The van der Waals surface area contributed by atoms with Crippen molar-refractivity contribution in [3.8, 4) is 0 Å². The van der Waals surface area contributed by atoms with E-state index in [1.165, 1.54) is 7.11 Å². The van der Waals surface area contributed by atoms with Gasteiger partial charge >= 0.3 is 5.97 Å². The minimum atomic E-state index is -0.427. The highest BCUT2D eigenvalue weighted by molar-refractivity contribution is 6.42. The second-order valence-electron chi connectivity index (χ2n) is 3.66. The quantitative estimate of drug-likeness (QED) is 0.467. The van der Waals surface area contributed by atoms with Gasteiger partial charge < -0.3 is 4.74 Å². The summed E-state index contributed by atoms with van der Waals surface area (Å²) in [7, 11) is 1.34. The molecular weight excluding hydrogens is 176 g/mol. The lowest BCUT2D eigenvalue weighted by Crippen LogP contribution is -2.00. The van der Waals surface area contributed by atoms with Gasteiger partial charge in [-0.25, -0.2) is 4.79 Å². The largest absolute Gasteiger partial charge is 0.465 e. The van der Waals surface area contributed by atoms with Crippen LogP contribution in [0.15, 0.2) is 10.6 Å². The van der Waals surface area contributed by atoms with E-state index in [0.717, 1.165) is 5.57 Å². The van der Waals surface area contributed by atoms with Crippen molar-refractivity contribution in [3.63, 3.8) is 0 Å². The first-order chi connectivity index (χ1) is 5.42. The molecule has 0 heterocycles. The number of carbonyl (C=O) groups excluding carboxylic acids is 1. The lowest BCUT2D eigenvalue weighted by Gasteiger charge is -1.97. The first-order valence-corrected chi connectivity index (χ1v) is 4.29. The third-order valence-electron chi connectivity index (χ3n) is 2.73. The molecule has 1 rings (SSSR count). The molecule has 1 fully saturated rings. The number of methoxy groups -OCH3 is 1. The third-order valence-corrected chi connectivity index (χ3v) is 3.09. The predicted octanol–water partition coefficient (Wildman–Crippen LogP) is 2.33. The first kappa shape index (κ1) is 9.59. The second-order valence-corrected chi connectivity index (χ2v) is 4.04. The Bertz CT molecular complexity index is 253. The molecule has 0 amide bonds. The standard InChI is InChI=1S/C9H13ClO2/c1-5-6(9(5,2)3)7(10)8(11)12-4/h5H,1-4H3. The molecule has 0 spiro atoms. The lowest BCUT2D eigenvalue weighted by atomic mass is 10.1. The Balaban J connectivity index is 2.90. The van der Waals surface area contributed by atoms with Crippen LogP contribution < -0.4 is 0 Å². The Labute approximate surface area is 77.5 Å². The van der Waals surface area contributed by atoms with Crippen LogP contribution in [0, 0.1) is 11.3 Å². The summed E-state index contributed by atoms with van der Waals surface area (Å²) in [5.41, 5.74) is 1.08. The molecule has 1 unspecified atom stereocenters. The second kappa shape index (κ2) is 2.77. The molecule has 0 aliphatic heterocycles. The van der Waals surface area contributed by atoms with E-state index in [2.05, 4.69) is 25.5 Å². The molecule has 1 aliphatic carbocycles. The molecule has 0 N–H and O–H groups in total. The Hall–Kier alpha value is -0.500.